The number of likely N-dealkylation sites (N-methyl/N-ethyl adjacent to an activating group) is 1. The van der Waals surface area contributed by atoms with E-state index in [1.807, 2.05) is 13.8 Å². The highest BCUT2D eigenvalue weighted by Gasteiger charge is 2.20. The molecule has 0 saturated carbocycles. The van der Waals surface area contributed by atoms with Crippen molar-refractivity contribution >= 4 is 28.6 Å². The number of hydrogen-bond donors (Lipinski definition) is 1. The lowest BCUT2D eigenvalue weighted by Crippen LogP contribution is -2.45. The van der Waals surface area contributed by atoms with Crippen LogP contribution in [0.1, 0.15) is 11.4 Å². The Bertz CT molecular complexity index is 1090. The summed E-state index contributed by atoms with van der Waals surface area (Å²) < 4.78 is 6.50. The third-order valence-electron chi connectivity index (χ3n) is 5.18. The Labute approximate surface area is 168 Å². The molecule has 1 N–H and O–H groups in total. The molecule has 3 heterocycles. The molecule has 0 spiro atoms. The van der Waals surface area contributed by atoms with Crippen LogP contribution in [0.3, 0.4) is 0 Å². The number of carbonyl (C=O) groups excluding carboxylic acids is 1. The molecule has 1 saturated heterocycles. The van der Waals surface area contributed by atoms with Crippen molar-refractivity contribution in [2.24, 2.45) is 0 Å². The molecule has 0 radical (unpaired) electrons. The first-order valence-corrected chi connectivity index (χ1v) is 9.59. The number of amides is 1. The SMILES string of the molecule is Cc1nc(N2CCN(C)CC2)nc(C)c1NC(=O)Cn1c(=O)oc2ccccc21. The number of carbonyl (C=O) groups is 1. The molecular weight excluding hydrogens is 372 g/mol. The van der Waals surface area contributed by atoms with E-state index in [0.29, 0.717) is 34.1 Å². The van der Waals surface area contributed by atoms with Crippen molar-refractivity contribution in [1.29, 1.82) is 0 Å². The van der Waals surface area contributed by atoms with Crippen molar-refractivity contribution < 1.29 is 9.21 Å². The highest BCUT2D eigenvalue weighted by Crippen LogP contribution is 2.21. The van der Waals surface area contributed by atoms with Gasteiger partial charge in [0.2, 0.25) is 11.9 Å². The Hall–Kier alpha value is -3.20. The third-order valence-corrected chi connectivity index (χ3v) is 5.18. The van der Waals surface area contributed by atoms with Crippen LogP contribution in [0, 0.1) is 13.8 Å². The molecule has 0 aliphatic carbocycles. The molecule has 0 bridgehead atoms. The minimum absolute atomic E-state index is 0.144. The van der Waals surface area contributed by atoms with Crippen LogP contribution >= 0.6 is 0 Å². The molecule has 1 aromatic carbocycles. The third kappa shape index (κ3) is 3.86. The fourth-order valence-corrected chi connectivity index (χ4v) is 3.51. The van der Waals surface area contributed by atoms with E-state index in [9.17, 15) is 9.59 Å². The summed E-state index contributed by atoms with van der Waals surface area (Å²) in [4.78, 5) is 38.3. The van der Waals surface area contributed by atoms with Crippen molar-refractivity contribution in [1.82, 2.24) is 19.4 Å². The van der Waals surface area contributed by atoms with Crippen molar-refractivity contribution in [3.63, 3.8) is 0 Å². The molecule has 1 amide bonds. The number of aryl methyl sites for hydroxylation is 2. The average Bonchev–Trinajstić information content (AvgIpc) is 3.00. The molecule has 29 heavy (non-hydrogen) atoms. The highest BCUT2D eigenvalue weighted by molar-refractivity contribution is 5.92. The lowest BCUT2D eigenvalue weighted by Gasteiger charge is -2.32. The molecule has 3 aromatic rings. The number of anilines is 2. The number of nitrogens with one attached hydrogen (secondary N) is 1. The van der Waals surface area contributed by atoms with Gasteiger partial charge in [0.05, 0.1) is 22.6 Å². The molecule has 1 fully saturated rings. The molecule has 0 unspecified atom stereocenters. The molecule has 0 atom stereocenters. The zero-order valence-electron chi connectivity index (χ0n) is 16.8. The molecule has 1 aliphatic rings. The van der Waals surface area contributed by atoms with Gasteiger partial charge < -0.3 is 19.5 Å². The zero-order chi connectivity index (χ0) is 20.5. The number of aromatic nitrogens is 3. The van der Waals surface area contributed by atoms with Gasteiger partial charge >= 0.3 is 5.76 Å². The number of fused-ring (bicyclic) bond motifs is 1. The minimum Gasteiger partial charge on any atom is -0.408 e. The van der Waals surface area contributed by atoms with Gasteiger partial charge in [-0.3, -0.25) is 9.36 Å². The molecule has 9 nitrogen and oxygen atoms in total. The monoisotopic (exact) mass is 396 g/mol. The largest absolute Gasteiger partial charge is 0.420 e. The lowest BCUT2D eigenvalue weighted by molar-refractivity contribution is -0.116. The number of hydrogen-bond acceptors (Lipinski definition) is 7. The van der Waals surface area contributed by atoms with Crippen LogP contribution in [0.5, 0.6) is 0 Å². The summed E-state index contributed by atoms with van der Waals surface area (Å²) in [6, 6.07) is 7.02. The van der Waals surface area contributed by atoms with Gasteiger partial charge in [0.25, 0.3) is 0 Å². The quantitative estimate of drug-likeness (QED) is 0.712. The molecule has 152 valence electrons. The van der Waals surface area contributed by atoms with Gasteiger partial charge in [-0.15, -0.1) is 0 Å². The topological polar surface area (TPSA) is 96.5 Å². The predicted octanol–water partition coefficient (Wildman–Crippen LogP) is 1.39. The summed E-state index contributed by atoms with van der Waals surface area (Å²) in [7, 11) is 2.10. The summed E-state index contributed by atoms with van der Waals surface area (Å²) in [6.07, 6.45) is 0. The maximum absolute atomic E-state index is 12.6. The maximum atomic E-state index is 12.6. The van der Waals surface area contributed by atoms with E-state index in [2.05, 4.69) is 32.1 Å². The van der Waals surface area contributed by atoms with Crippen LogP contribution in [0.15, 0.2) is 33.5 Å². The van der Waals surface area contributed by atoms with Crippen molar-refractivity contribution in [2.75, 3.05) is 43.4 Å². The van der Waals surface area contributed by atoms with Gasteiger partial charge in [-0.2, -0.15) is 0 Å². The minimum atomic E-state index is -0.559. The van der Waals surface area contributed by atoms with Gasteiger partial charge in [0.15, 0.2) is 5.58 Å². The van der Waals surface area contributed by atoms with Gasteiger partial charge in [0.1, 0.15) is 6.54 Å². The number of benzene rings is 1. The molecule has 2 aromatic heterocycles. The molecule has 4 rings (SSSR count). The maximum Gasteiger partial charge on any atom is 0.420 e. The molecule has 9 heteroatoms. The standard InChI is InChI=1S/C20H24N6O3/c1-13-18(14(2)22-19(21-13)25-10-8-24(3)9-11-25)23-17(27)12-26-15-6-4-5-7-16(15)29-20(26)28/h4-7H,8-12H2,1-3H3,(H,23,27). The first kappa shape index (κ1) is 19.1. The Balaban J connectivity index is 1.52. The average molecular weight is 396 g/mol. The van der Waals surface area contributed by atoms with Crippen LogP contribution in [0.25, 0.3) is 11.1 Å². The summed E-state index contributed by atoms with van der Waals surface area (Å²) in [5.41, 5.74) is 3.02. The smallest absolute Gasteiger partial charge is 0.408 e. The first-order valence-electron chi connectivity index (χ1n) is 9.59. The summed E-state index contributed by atoms with van der Waals surface area (Å²) in [5.74, 6) is -0.208. The second-order valence-corrected chi connectivity index (χ2v) is 7.33. The summed E-state index contributed by atoms with van der Waals surface area (Å²) in [5, 5.41) is 2.85. The van der Waals surface area contributed by atoms with Crippen LogP contribution in [-0.4, -0.2) is 58.6 Å². The first-order chi connectivity index (χ1) is 13.9. The summed E-state index contributed by atoms with van der Waals surface area (Å²) >= 11 is 0. The number of para-hydroxylation sites is 2. The van der Waals surface area contributed by atoms with Crippen LogP contribution in [0.4, 0.5) is 11.6 Å². The number of oxazole rings is 1. The van der Waals surface area contributed by atoms with Crippen LogP contribution in [-0.2, 0) is 11.3 Å². The van der Waals surface area contributed by atoms with Crippen molar-refractivity contribution in [3.05, 3.63) is 46.2 Å². The number of piperazine rings is 1. The van der Waals surface area contributed by atoms with E-state index in [-0.39, 0.29) is 12.5 Å². The number of nitrogens with zero attached hydrogens (tertiary/aromatic N) is 5. The molecule has 1 aliphatic heterocycles. The van der Waals surface area contributed by atoms with Gasteiger partial charge in [-0.25, -0.2) is 14.8 Å². The van der Waals surface area contributed by atoms with E-state index < -0.39 is 5.76 Å². The van der Waals surface area contributed by atoms with Gasteiger partial charge in [0, 0.05) is 26.2 Å². The van der Waals surface area contributed by atoms with Gasteiger partial charge in [-0.1, -0.05) is 12.1 Å². The van der Waals surface area contributed by atoms with E-state index in [4.69, 9.17) is 4.42 Å². The Morgan fingerprint density at radius 1 is 1.10 bits per heavy atom. The van der Waals surface area contributed by atoms with Crippen molar-refractivity contribution in [2.45, 2.75) is 20.4 Å². The van der Waals surface area contributed by atoms with E-state index in [1.165, 1.54) is 4.57 Å². The fourth-order valence-electron chi connectivity index (χ4n) is 3.51. The second kappa shape index (κ2) is 7.67. The Kier molecular flexibility index (Phi) is 5.06. The van der Waals surface area contributed by atoms with Crippen LogP contribution < -0.4 is 16.0 Å². The van der Waals surface area contributed by atoms with E-state index in [0.717, 1.165) is 26.2 Å². The Morgan fingerprint density at radius 2 is 1.76 bits per heavy atom. The van der Waals surface area contributed by atoms with Gasteiger partial charge in [-0.05, 0) is 33.0 Å². The number of rotatable bonds is 4. The lowest BCUT2D eigenvalue weighted by atomic mass is 10.2. The predicted molar refractivity (Wildman–Crippen MR) is 110 cm³/mol. The highest BCUT2D eigenvalue weighted by atomic mass is 16.4. The van der Waals surface area contributed by atoms with E-state index >= 15 is 0 Å². The second-order valence-electron chi connectivity index (χ2n) is 7.33. The van der Waals surface area contributed by atoms with Crippen LogP contribution in [0.2, 0.25) is 0 Å². The zero-order valence-corrected chi connectivity index (χ0v) is 16.8. The Morgan fingerprint density at radius 3 is 2.45 bits per heavy atom. The molecular formula is C20H24N6O3. The van der Waals surface area contributed by atoms with E-state index in [1.54, 1.807) is 24.3 Å². The summed E-state index contributed by atoms with van der Waals surface area (Å²) in [6.45, 7) is 7.23. The van der Waals surface area contributed by atoms with Crippen molar-refractivity contribution in [3.8, 4) is 0 Å². The normalized spacial score (nSPS) is 15.1. The fraction of sp³-hybridized carbons (Fsp3) is 0.400.